The van der Waals surface area contributed by atoms with Gasteiger partial charge < -0.3 is 15.1 Å². The summed E-state index contributed by atoms with van der Waals surface area (Å²) in [6.45, 7) is 3.44. The number of rotatable bonds is 4. The predicted molar refractivity (Wildman–Crippen MR) is 106 cm³/mol. The Morgan fingerprint density at radius 2 is 1.72 bits per heavy atom. The van der Waals surface area contributed by atoms with Crippen LogP contribution in [0.4, 0.5) is 4.39 Å². The van der Waals surface area contributed by atoms with E-state index in [4.69, 9.17) is 0 Å². The standard InChI is InChI=1S/C21H26FN5O2/c22-18-5-2-1-4-17(18)16-19(28)25-12-14-26(15-13-25)20(29)21(6-9-23-10-7-21)27-11-3-8-24-27/h1-5,8,11,23H,6-7,9-10,12-16H2. The van der Waals surface area contributed by atoms with Crippen LogP contribution in [0.1, 0.15) is 18.4 Å². The average molecular weight is 399 g/mol. The van der Waals surface area contributed by atoms with Crippen molar-refractivity contribution in [2.45, 2.75) is 24.8 Å². The van der Waals surface area contributed by atoms with Crippen LogP contribution in [0, 0.1) is 5.82 Å². The van der Waals surface area contributed by atoms with Gasteiger partial charge in [-0.1, -0.05) is 18.2 Å². The molecule has 0 spiro atoms. The number of amides is 2. The second-order valence-corrected chi connectivity index (χ2v) is 7.67. The summed E-state index contributed by atoms with van der Waals surface area (Å²) < 4.78 is 15.6. The molecule has 2 aliphatic rings. The van der Waals surface area contributed by atoms with Gasteiger partial charge in [0.25, 0.3) is 5.91 Å². The van der Waals surface area contributed by atoms with Gasteiger partial charge in [0.05, 0.1) is 6.42 Å². The molecule has 2 saturated heterocycles. The van der Waals surface area contributed by atoms with Gasteiger partial charge in [-0.2, -0.15) is 5.10 Å². The molecule has 2 fully saturated rings. The molecule has 1 aromatic heterocycles. The van der Waals surface area contributed by atoms with Crippen molar-refractivity contribution in [3.63, 3.8) is 0 Å². The van der Waals surface area contributed by atoms with Gasteiger partial charge in [0.15, 0.2) is 0 Å². The quantitative estimate of drug-likeness (QED) is 0.833. The van der Waals surface area contributed by atoms with E-state index in [1.54, 1.807) is 34.0 Å². The predicted octanol–water partition coefficient (Wildman–Crippen LogP) is 1.01. The van der Waals surface area contributed by atoms with E-state index in [1.807, 2.05) is 17.2 Å². The number of aromatic nitrogens is 2. The first-order valence-electron chi connectivity index (χ1n) is 10.1. The Hall–Kier alpha value is -2.74. The number of nitrogens with zero attached hydrogens (tertiary/aromatic N) is 4. The van der Waals surface area contributed by atoms with E-state index >= 15 is 0 Å². The summed E-state index contributed by atoms with van der Waals surface area (Å²) in [5.41, 5.74) is -0.253. The van der Waals surface area contributed by atoms with Gasteiger partial charge in [-0.3, -0.25) is 14.3 Å². The van der Waals surface area contributed by atoms with Crippen LogP contribution in [0.15, 0.2) is 42.7 Å². The molecule has 8 heteroatoms. The van der Waals surface area contributed by atoms with E-state index in [0.29, 0.717) is 44.6 Å². The highest BCUT2D eigenvalue weighted by Crippen LogP contribution is 2.30. The van der Waals surface area contributed by atoms with E-state index in [-0.39, 0.29) is 24.1 Å². The second kappa shape index (κ2) is 8.32. The minimum Gasteiger partial charge on any atom is -0.339 e. The van der Waals surface area contributed by atoms with Crippen LogP contribution in [0.25, 0.3) is 0 Å². The molecule has 0 radical (unpaired) electrons. The summed E-state index contributed by atoms with van der Waals surface area (Å²) in [5.74, 6) is -0.392. The van der Waals surface area contributed by atoms with Gasteiger partial charge in [-0.15, -0.1) is 0 Å². The lowest BCUT2D eigenvalue weighted by Gasteiger charge is -2.43. The maximum Gasteiger partial charge on any atom is 0.250 e. The molecule has 2 aliphatic heterocycles. The average Bonchev–Trinajstić information content (AvgIpc) is 3.31. The molecule has 4 rings (SSSR count). The normalized spacial score (nSPS) is 19.2. The summed E-state index contributed by atoms with van der Waals surface area (Å²) >= 11 is 0. The number of nitrogens with one attached hydrogen (secondary N) is 1. The Morgan fingerprint density at radius 1 is 1.03 bits per heavy atom. The number of halogens is 1. The third-order valence-corrected chi connectivity index (χ3v) is 5.99. The first kappa shape index (κ1) is 19.6. The molecule has 0 atom stereocenters. The van der Waals surface area contributed by atoms with E-state index in [9.17, 15) is 14.0 Å². The molecule has 0 unspecified atom stereocenters. The molecule has 2 amide bonds. The van der Waals surface area contributed by atoms with Gasteiger partial charge in [0, 0.05) is 38.6 Å². The maximum absolute atomic E-state index is 13.8. The molecule has 3 heterocycles. The number of carbonyl (C=O) groups is 2. The fourth-order valence-electron chi connectivity index (χ4n) is 4.27. The lowest BCUT2D eigenvalue weighted by Crippen LogP contribution is -2.60. The first-order valence-corrected chi connectivity index (χ1v) is 10.1. The summed E-state index contributed by atoms with van der Waals surface area (Å²) in [5, 5.41) is 7.68. The minimum absolute atomic E-state index is 0.0452. The Labute approximate surface area is 169 Å². The topological polar surface area (TPSA) is 70.5 Å². The van der Waals surface area contributed by atoms with Crippen molar-refractivity contribution in [3.05, 3.63) is 54.1 Å². The molecule has 7 nitrogen and oxygen atoms in total. The van der Waals surface area contributed by atoms with Gasteiger partial charge in [-0.05, 0) is 43.6 Å². The Kier molecular flexibility index (Phi) is 5.62. The molecule has 0 saturated carbocycles. The molecule has 29 heavy (non-hydrogen) atoms. The molecule has 2 aromatic rings. The maximum atomic E-state index is 13.8. The molecule has 1 N–H and O–H groups in total. The zero-order valence-electron chi connectivity index (χ0n) is 16.4. The molecular weight excluding hydrogens is 373 g/mol. The Bertz CT molecular complexity index is 856. The summed E-state index contributed by atoms with van der Waals surface area (Å²) in [7, 11) is 0. The van der Waals surface area contributed by atoms with Crippen LogP contribution >= 0.6 is 0 Å². The molecule has 0 aliphatic carbocycles. The highest BCUT2D eigenvalue weighted by Gasteiger charge is 2.45. The van der Waals surface area contributed by atoms with E-state index in [1.165, 1.54) is 6.07 Å². The van der Waals surface area contributed by atoms with Gasteiger partial charge in [-0.25, -0.2) is 4.39 Å². The molecule has 1 aromatic carbocycles. The van der Waals surface area contributed by atoms with Crippen molar-refractivity contribution in [2.75, 3.05) is 39.3 Å². The van der Waals surface area contributed by atoms with Crippen LogP contribution in [-0.4, -0.2) is 70.7 Å². The zero-order valence-corrected chi connectivity index (χ0v) is 16.4. The largest absolute Gasteiger partial charge is 0.339 e. The van der Waals surface area contributed by atoms with E-state index < -0.39 is 5.54 Å². The monoisotopic (exact) mass is 399 g/mol. The van der Waals surface area contributed by atoms with Crippen LogP contribution in [0.3, 0.4) is 0 Å². The smallest absolute Gasteiger partial charge is 0.250 e. The summed E-state index contributed by atoms with van der Waals surface area (Å²) in [4.78, 5) is 29.6. The minimum atomic E-state index is -0.659. The van der Waals surface area contributed by atoms with E-state index in [2.05, 4.69) is 10.4 Å². The highest BCUT2D eigenvalue weighted by molar-refractivity contribution is 5.85. The van der Waals surface area contributed by atoms with Crippen molar-refractivity contribution in [2.24, 2.45) is 0 Å². The fourth-order valence-corrected chi connectivity index (χ4v) is 4.27. The molecule has 0 bridgehead atoms. The van der Waals surface area contributed by atoms with Crippen molar-refractivity contribution >= 4 is 11.8 Å². The van der Waals surface area contributed by atoms with Crippen LogP contribution in [-0.2, 0) is 21.5 Å². The van der Waals surface area contributed by atoms with Gasteiger partial charge in [0.2, 0.25) is 5.91 Å². The number of benzene rings is 1. The highest BCUT2D eigenvalue weighted by atomic mass is 19.1. The lowest BCUT2D eigenvalue weighted by molar-refractivity contribution is -0.147. The molecule has 154 valence electrons. The van der Waals surface area contributed by atoms with E-state index in [0.717, 1.165) is 13.1 Å². The summed E-state index contributed by atoms with van der Waals surface area (Å²) in [6.07, 6.45) is 5.00. The number of hydrogen-bond donors (Lipinski definition) is 1. The van der Waals surface area contributed by atoms with Crippen molar-refractivity contribution in [3.8, 4) is 0 Å². The number of carbonyl (C=O) groups excluding carboxylic acids is 2. The SMILES string of the molecule is O=C(Cc1ccccc1F)N1CCN(C(=O)C2(n3cccn3)CCNCC2)CC1. The number of piperazine rings is 1. The Morgan fingerprint density at radius 3 is 2.38 bits per heavy atom. The zero-order chi connectivity index (χ0) is 20.3. The van der Waals surface area contributed by atoms with Crippen molar-refractivity contribution < 1.29 is 14.0 Å². The van der Waals surface area contributed by atoms with Crippen LogP contribution < -0.4 is 5.32 Å². The number of piperidine rings is 1. The third-order valence-electron chi connectivity index (χ3n) is 5.99. The first-order chi connectivity index (χ1) is 14.1. The number of hydrogen-bond acceptors (Lipinski definition) is 4. The summed E-state index contributed by atoms with van der Waals surface area (Å²) in [6, 6.07) is 8.20. The second-order valence-electron chi connectivity index (χ2n) is 7.67. The Balaban J connectivity index is 1.40. The fraction of sp³-hybridized carbons (Fsp3) is 0.476. The lowest BCUT2D eigenvalue weighted by atomic mass is 9.86. The van der Waals surface area contributed by atoms with Crippen LogP contribution in [0.5, 0.6) is 0 Å². The van der Waals surface area contributed by atoms with Crippen molar-refractivity contribution in [1.29, 1.82) is 0 Å². The third kappa shape index (κ3) is 3.89. The van der Waals surface area contributed by atoms with Crippen LogP contribution in [0.2, 0.25) is 0 Å². The van der Waals surface area contributed by atoms with Gasteiger partial charge in [0.1, 0.15) is 11.4 Å². The van der Waals surface area contributed by atoms with Gasteiger partial charge >= 0.3 is 0 Å². The van der Waals surface area contributed by atoms with Crippen molar-refractivity contribution in [1.82, 2.24) is 24.9 Å². The molecular formula is C21H26FN5O2.